The Hall–Kier alpha value is -1.32. The number of nitrogens with zero attached hydrogens (tertiary/aromatic N) is 2. The van der Waals surface area contributed by atoms with Gasteiger partial charge < -0.3 is 14.8 Å². The monoisotopic (exact) mass is 369 g/mol. The molecule has 0 atom stereocenters. The summed E-state index contributed by atoms with van der Waals surface area (Å²) in [5.74, 6) is 0. The van der Waals surface area contributed by atoms with E-state index >= 15 is 0 Å². The summed E-state index contributed by atoms with van der Waals surface area (Å²) in [5.41, 5.74) is 0.0111. The number of hydrazine groups is 2. The minimum absolute atomic E-state index is 0.533. The first kappa shape index (κ1) is 18.5. The van der Waals surface area contributed by atoms with Gasteiger partial charge in [-0.1, -0.05) is 18.2 Å². The zero-order valence-electron chi connectivity index (χ0n) is 14.0. The number of ether oxygens (including phenoxy) is 2. The average Bonchev–Trinajstić information content (AvgIpc) is 2.64. The first-order valence-electron chi connectivity index (χ1n) is 8.34. The SMILES string of the molecule is O=C(Nc1ccccc1)P(=O)(NN1CCOCC1)NN1CCOCC1. The van der Waals surface area contributed by atoms with Gasteiger partial charge in [-0.25, -0.2) is 10.0 Å². The summed E-state index contributed by atoms with van der Waals surface area (Å²) in [4.78, 5) is 12.8. The Labute approximate surface area is 147 Å². The fourth-order valence-corrected chi connectivity index (χ4v) is 4.27. The van der Waals surface area contributed by atoms with Crippen molar-refractivity contribution in [2.75, 3.05) is 57.9 Å². The van der Waals surface area contributed by atoms with E-state index < -0.39 is 13.1 Å². The molecule has 0 spiro atoms. The fourth-order valence-electron chi connectivity index (χ4n) is 2.56. The van der Waals surface area contributed by atoms with Crippen molar-refractivity contribution in [3.05, 3.63) is 30.3 Å². The van der Waals surface area contributed by atoms with Crippen molar-refractivity contribution < 1.29 is 18.8 Å². The van der Waals surface area contributed by atoms with E-state index in [1.807, 2.05) is 18.2 Å². The Morgan fingerprint density at radius 2 is 1.36 bits per heavy atom. The zero-order valence-corrected chi connectivity index (χ0v) is 14.9. The van der Waals surface area contributed by atoms with Crippen molar-refractivity contribution in [1.29, 1.82) is 0 Å². The van der Waals surface area contributed by atoms with Crippen molar-refractivity contribution >= 4 is 18.8 Å². The van der Waals surface area contributed by atoms with Crippen LogP contribution in [0, 0.1) is 0 Å². The molecule has 1 amide bonds. The second-order valence-corrected chi connectivity index (χ2v) is 7.83. The molecule has 9 nitrogen and oxygen atoms in total. The number of morpholine rings is 2. The van der Waals surface area contributed by atoms with Crippen LogP contribution in [-0.4, -0.2) is 68.3 Å². The third-order valence-electron chi connectivity index (χ3n) is 3.90. The lowest BCUT2D eigenvalue weighted by atomic mass is 10.3. The van der Waals surface area contributed by atoms with Gasteiger partial charge in [0.05, 0.1) is 26.4 Å². The van der Waals surface area contributed by atoms with E-state index in [-0.39, 0.29) is 0 Å². The first-order chi connectivity index (χ1) is 12.2. The number of para-hydroxylation sites is 1. The smallest absolute Gasteiger partial charge is 0.323 e. The summed E-state index contributed by atoms with van der Waals surface area (Å²) in [6, 6.07) is 8.99. The van der Waals surface area contributed by atoms with Crippen LogP contribution in [0.25, 0.3) is 0 Å². The van der Waals surface area contributed by atoms with E-state index in [4.69, 9.17) is 9.47 Å². The lowest BCUT2D eigenvalue weighted by Gasteiger charge is -2.35. The third-order valence-corrected chi connectivity index (χ3v) is 5.71. The molecule has 138 valence electrons. The lowest BCUT2D eigenvalue weighted by Crippen LogP contribution is -2.52. The predicted octanol–water partition coefficient (Wildman–Crippen LogP) is 1.09. The maximum absolute atomic E-state index is 13.5. The van der Waals surface area contributed by atoms with Gasteiger partial charge in [-0.2, -0.15) is 10.4 Å². The van der Waals surface area contributed by atoms with Crippen LogP contribution in [0.2, 0.25) is 0 Å². The number of nitrogens with one attached hydrogen (secondary N) is 3. The number of benzene rings is 1. The second kappa shape index (κ2) is 8.86. The molecule has 0 aromatic heterocycles. The Balaban J connectivity index is 1.71. The van der Waals surface area contributed by atoms with Crippen LogP contribution in [0.15, 0.2) is 30.3 Å². The summed E-state index contributed by atoms with van der Waals surface area (Å²) >= 11 is 0. The molecule has 10 heteroatoms. The first-order valence-corrected chi connectivity index (χ1v) is 10.0. The summed E-state index contributed by atoms with van der Waals surface area (Å²) in [7, 11) is -3.62. The van der Waals surface area contributed by atoms with E-state index in [0.717, 1.165) is 0 Å². The topological polar surface area (TPSA) is 95.2 Å². The molecule has 1 aromatic rings. The Morgan fingerprint density at radius 3 is 1.84 bits per heavy atom. The highest BCUT2D eigenvalue weighted by atomic mass is 31.2. The van der Waals surface area contributed by atoms with Gasteiger partial charge in [0.1, 0.15) is 0 Å². The number of hydrogen-bond donors (Lipinski definition) is 3. The minimum Gasteiger partial charge on any atom is -0.379 e. The zero-order chi connectivity index (χ0) is 17.5. The van der Waals surface area contributed by atoms with Crippen LogP contribution in [0.1, 0.15) is 0 Å². The molecule has 0 saturated carbocycles. The fraction of sp³-hybridized carbons (Fsp3) is 0.533. The molecule has 3 N–H and O–H groups in total. The molecular weight excluding hydrogens is 345 g/mol. The molecule has 0 bridgehead atoms. The molecule has 1 aromatic carbocycles. The van der Waals surface area contributed by atoms with E-state index in [0.29, 0.717) is 58.3 Å². The maximum Gasteiger partial charge on any atom is 0.323 e. The molecule has 0 radical (unpaired) electrons. The van der Waals surface area contributed by atoms with Crippen molar-refractivity contribution in [2.24, 2.45) is 0 Å². The van der Waals surface area contributed by atoms with Crippen molar-refractivity contribution in [1.82, 2.24) is 20.4 Å². The molecule has 2 aliphatic heterocycles. The highest BCUT2D eigenvalue weighted by molar-refractivity contribution is 7.77. The van der Waals surface area contributed by atoms with Crippen LogP contribution in [0.5, 0.6) is 0 Å². The van der Waals surface area contributed by atoms with Gasteiger partial charge in [-0.05, 0) is 12.1 Å². The van der Waals surface area contributed by atoms with Crippen LogP contribution >= 0.6 is 7.44 Å². The number of carbonyl (C=O) groups is 1. The van der Waals surface area contributed by atoms with E-state index in [2.05, 4.69) is 15.7 Å². The number of anilines is 1. The highest BCUT2D eigenvalue weighted by Gasteiger charge is 2.36. The summed E-state index contributed by atoms with van der Waals surface area (Å²) in [6.07, 6.45) is 0. The quantitative estimate of drug-likeness (QED) is 0.642. The Kier molecular flexibility index (Phi) is 6.55. The number of amides is 1. The molecule has 3 rings (SSSR count). The van der Waals surface area contributed by atoms with Crippen molar-refractivity contribution in [3.63, 3.8) is 0 Å². The predicted molar refractivity (Wildman–Crippen MR) is 94.1 cm³/mol. The molecule has 0 unspecified atom stereocenters. The van der Waals surface area contributed by atoms with Crippen molar-refractivity contribution in [2.45, 2.75) is 0 Å². The Morgan fingerprint density at radius 1 is 0.880 bits per heavy atom. The molecule has 25 heavy (non-hydrogen) atoms. The van der Waals surface area contributed by atoms with Gasteiger partial charge in [0.25, 0.3) is 0 Å². The van der Waals surface area contributed by atoms with Crippen LogP contribution in [-0.2, 0) is 14.0 Å². The normalized spacial score (nSPS) is 20.3. The van der Waals surface area contributed by atoms with E-state index in [9.17, 15) is 9.36 Å². The molecular formula is C15H24N5O4P. The van der Waals surface area contributed by atoms with Gasteiger partial charge in [0, 0.05) is 31.9 Å². The van der Waals surface area contributed by atoms with Crippen LogP contribution in [0.3, 0.4) is 0 Å². The average molecular weight is 369 g/mol. The standard InChI is InChI=1S/C15H24N5O4P/c21-15(16-14-4-2-1-3-5-14)25(22,17-19-6-10-23-11-7-19)18-20-8-12-24-13-9-20/h1-5H,6-13H2,(H,16,21)(H2,17,18,22). The van der Waals surface area contributed by atoms with E-state index in [1.54, 1.807) is 22.2 Å². The third kappa shape index (κ3) is 5.32. The maximum atomic E-state index is 13.5. The van der Waals surface area contributed by atoms with Gasteiger partial charge in [0.15, 0.2) is 0 Å². The molecule has 2 fully saturated rings. The number of rotatable bonds is 6. The largest absolute Gasteiger partial charge is 0.379 e. The van der Waals surface area contributed by atoms with Gasteiger partial charge in [-0.15, -0.1) is 0 Å². The number of carbonyl (C=O) groups excluding carboxylic acids is 1. The van der Waals surface area contributed by atoms with Crippen LogP contribution in [0.4, 0.5) is 10.5 Å². The summed E-state index contributed by atoms with van der Waals surface area (Å²) in [6.45, 7) is 4.38. The van der Waals surface area contributed by atoms with Crippen LogP contribution < -0.4 is 15.7 Å². The van der Waals surface area contributed by atoms with Gasteiger partial charge in [0.2, 0.25) is 0 Å². The van der Waals surface area contributed by atoms with Gasteiger partial charge in [-0.3, -0.25) is 9.36 Å². The van der Waals surface area contributed by atoms with E-state index in [1.165, 1.54) is 0 Å². The summed E-state index contributed by atoms with van der Waals surface area (Å²) in [5, 5.41) is 12.1. The number of hydrogen-bond acceptors (Lipinski definition) is 6. The molecule has 2 heterocycles. The molecule has 0 aliphatic carbocycles. The second-order valence-electron chi connectivity index (χ2n) is 5.80. The van der Waals surface area contributed by atoms with Gasteiger partial charge >= 0.3 is 13.1 Å². The highest BCUT2D eigenvalue weighted by Crippen LogP contribution is 2.39. The summed E-state index contributed by atoms with van der Waals surface area (Å²) < 4.78 is 24.1. The molecule has 2 saturated heterocycles. The Bertz CT molecular complexity index is 581. The molecule has 2 aliphatic rings. The lowest BCUT2D eigenvalue weighted by molar-refractivity contribution is 0.0187. The van der Waals surface area contributed by atoms with Crippen molar-refractivity contribution in [3.8, 4) is 0 Å². The minimum atomic E-state index is -3.62.